The predicted molar refractivity (Wildman–Crippen MR) is 192 cm³/mol. The Labute approximate surface area is 271 Å². The van der Waals surface area contributed by atoms with Gasteiger partial charge in [0.25, 0.3) is 0 Å². The number of para-hydroxylation sites is 1. The van der Waals surface area contributed by atoms with E-state index in [9.17, 15) is 0 Å². The molecule has 0 bridgehead atoms. The largest absolute Gasteiger partial charge is 0.456 e. The Morgan fingerprint density at radius 3 is 1.62 bits per heavy atom. The minimum absolute atomic E-state index is 0.588. The van der Waals surface area contributed by atoms with E-state index in [1.165, 1.54) is 16.3 Å². The van der Waals surface area contributed by atoms with Gasteiger partial charge in [-0.05, 0) is 57.3 Å². The van der Waals surface area contributed by atoms with Gasteiger partial charge in [0.1, 0.15) is 11.2 Å². The van der Waals surface area contributed by atoms with Crippen molar-refractivity contribution in [3.8, 4) is 56.4 Å². The molecule has 0 amide bonds. The van der Waals surface area contributed by atoms with E-state index in [-0.39, 0.29) is 0 Å². The van der Waals surface area contributed by atoms with Gasteiger partial charge in [0.15, 0.2) is 17.5 Å². The van der Waals surface area contributed by atoms with Crippen LogP contribution >= 0.6 is 0 Å². The zero-order valence-corrected chi connectivity index (χ0v) is 25.3. The van der Waals surface area contributed by atoms with Crippen molar-refractivity contribution < 1.29 is 4.42 Å². The van der Waals surface area contributed by atoms with Gasteiger partial charge in [-0.3, -0.25) is 0 Å². The summed E-state index contributed by atoms with van der Waals surface area (Å²) in [7, 11) is 0. The highest BCUT2D eigenvalue weighted by Gasteiger charge is 2.19. The van der Waals surface area contributed by atoms with E-state index in [1.54, 1.807) is 0 Å². The number of aromatic nitrogens is 3. The van der Waals surface area contributed by atoms with Crippen molar-refractivity contribution in [2.45, 2.75) is 0 Å². The molecule has 4 nitrogen and oxygen atoms in total. The maximum absolute atomic E-state index is 6.48. The number of rotatable bonds is 5. The van der Waals surface area contributed by atoms with E-state index >= 15 is 0 Å². The molecule has 0 unspecified atom stereocenters. The van der Waals surface area contributed by atoms with Gasteiger partial charge in [0, 0.05) is 27.5 Å². The summed E-state index contributed by atoms with van der Waals surface area (Å²) in [6, 6.07) is 56.4. The Kier molecular flexibility index (Phi) is 6.43. The van der Waals surface area contributed by atoms with Gasteiger partial charge in [0.05, 0.1) is 0 Å². The lowest BCUT2D eigenvalue weighted by atomic mass is 9.95. The summed E-state index contributed by atoms with van der Waals surface area (Å²) in [6.07, 6.45) is 0. The van der Waals surface area contributed by atoms with Gasteiger partial charge in [-0.2, -0.15) is 0 Å². The standard InChI is InChI=1S/C43H27N3O/c1-3-11-28(12-4-1)30-19-22-32(23-20-30)42-44-41(31-14-5-2-6-15-31)45-43(46-42)35-26-37(34-24-21-29-13-7-8-16-33(29)25-34)40-36-17-9-10-18-38(36)47-39(40)27-35/h1-27H. The van der Waals surface area contributed by atoms with Crippen LogP contribution in [-0.4, -0.2) is 15.0 Å². The van der Waals surface area contributed by atoms with Crippen LogP contribution in [0.2, 0.25) is 0 Å². The normalized spacial score (nSPS) is 11.4. The highest BCUT2D eigenvalue weighted by atomic mass is 16.3. The summed E-state index contributed by atoms with van der Waals surface area (Å²) in [5.74, 6) is 1.82. The average molecular weight is 602 g/mol. The summed E-state index contributed by atoms with van der Waals surface area (Å²) in [4.78, 5) is 15.1. The number of hydrogen-bond donors (Lipinski definition) is 0. The molecule has 0 saturated heterocycles. The summed E-state index contributed by atoms with van der Waals surface area (Å²) in [6.45, 7) is 0. The molecule has 9 rings (SSSR count). The summed E-state index contributed by atoms with van der Waals surface area (Å²) in [5, 5.41) is 4.54. The first-order chi connectivity index (χ1) is 23.3. The van der Waals surface area contributed by atoms with Crippen LogP contribution in [0.1, 0.15) is 0 Å². The van der Waals surface area contributed by atoms with Crippen molar-refractivity contribution in [2.24, 2.45) is 0 Å². The molecule has 2 heterocycles. The van der Waals surface area contributed by atoms with Crippen LogP contribution in [0.4, 0.5) is 0 Å². The van der Waals surface area contributed by atoms with Crippen LogP contribution < -0.4 is 0 Å². The maximum Gasteiger partial charge on any atom is 0.164 e. The first kappa shape index (κ1) is 27.0. The lowest BCUT2D eigenvalue weighted by molar-refractivity contribution is 0.669. The van der Waals surface area contributed by atoms with Crippen LogP contribution in [-0.2, 0) is 0 Å². The molecule has 7 aromatic carbocycles. The average Bonchev–Trinajstić information content (AvgIpc) is 3.53. The molecule has 0 aliphatic rings. The van der Waals surface area contributed by atoms with E-state index in [1.807, 2.05) is 48.5 Å². The lowest BCUT2D eigenvalue weighted by Crippen LogP contribution is -2.00. The first-order valence-corrected chi connectivity index (χ1v) is 15.7. The van der Waals surface area contributed by atoms with Gasteiger partial charge in [0.2, 0.25) is 0 Å². The molecule has 0 fully saturated rings. The van der Waals surface area contributed by atoms with Gasteiger partial charge < -0.3 is 4.42 Å². The summed E-state index contributed by atoms with van der Waals surface area (Å²) >= 11 is 0. The molecule has 9 aromatic rings. The minimum atomic E-state index is 0.588. The number of hydrogen-bond acceptors (Lipinski definition) is 4. The number of nitrogens with zero attached hydrogens (tertiary/aromatic N) is 3. The van der Waals surface area contributed by atoms with Crippen molar-refractivity contribution in [2.75, 3.05) is 0 Å². The molecule has 0 radical (unpaired) electrons. The monoisotopic (exact) mass is 601 g/mol. The zero-order valence-electron chi connectivity index (χ0n) is 25.3. The van der Waals surface area contributed by atoms with E-state index in [4.69, 9.17) is 19.4 Å². The smallest absolute Gasteiger partial charge is 0.164 e. The van der Waals surface area contributed by atoms with Crippen molar-refractivity contribution >= 4 is 32.7 Å². The fourth-order valence-electron chi connectivity index (χ4n) is 6.36. The Morgan fingerprint density at radius 1 is 0.340 bits per heavy atom. The van der Waals surface area contributed by atoms with Crippen LogP contribution in [0.25, 0.3) is 89.1 Å². The molecule has 0 saturated carbocycles. The van der Waals surface area contributed by atoms with E-state index in [0.717, 1.165) is 55.3 Å². The molecular formula is C43H27N3O. The third kappa shape index (κ3) is 4.93. The third-order valence-corrected chi connectivity index (χ3v) is 8.71. The molecule has 2 aromatic heterocycles. The third-order valence-electron chi connectivity index (χ3n) is 8.71. The maximum atomic E-state index is 6.48. The second-order valence-corrected chi connectivity index (χ2v) is 11.7. The molecule has 220 valence electrons. The molecule has 4 heteroatoms. The van der Waals surface area contributed by atoms with E-state index in [2.05, 4.69) is 115 Å². The number of furan rings is 1. The Morgan fingerprint density at radius 2 is 0.872 bits per heavy atom. The second kappa shape index (κ2) is 11.2. The SMILES string of the molecule is c1ccc(-c2ccc(-c3nc(-c4ccccc4)nc(-c4cc(-c5ccc6ccccc6c5)c5c(c4)oc4ccccc45)n3)cc2)cc1. The highest BCUT2D eigenvalue weighted by Crippen LogP contribution is 2.40. The van der Waals surface area contributed by atoms with E-state index < -0.39 is 0 Å². The summed E-state index contributed by atoms with van der Waals surface area (Å²) < 4.78 is 6.48. The zero-order chi connectivity index (χ0) is 31.2. The van der Waals surface area contributed by atoms with Crippen LogP contribution in [0.15, 0.2) is 168 Å². The Balaban J connectivity index is 1.26. The number of benzene rings is 7. The fraction of sp³-hybridized carbons (Fsp3) is 0. The first-order valence-electron chi connectivity index (χ1n) is 15.7. The molecule has 0 aliphatic carbocycles. The van der Waals surface area contributed by atoms with Gasteiger partial charge in [-0.1, -0.05) is 140 Å². The van der Waals surface area contributed by atoms with Gasteiger partial charge in [-0.15, -0.1) is 0 Å². The van der Waals surface area contributed by atoms with Crippen molar-refractivity contribution in [1.29, 1.82) is 0 Å². The molecule has 0 N–H and O–H groups in total. The molecule has 0 aliphatic heterocycles. The number of fused-ring (bicyclic) bond motifs is 4. The molecule has 0 spiro atoms. The molecular weight excluding hydrogens is 574 g/mol. The molecule has 47 heavy (non-hydrogen) atoms. The van der Waals surface area contributed by atoms with Crippen LogP contribution in [0.5, 0.6) is 0 Å². The fourth-order valence-corrected chi connectivity index (χ4v) is 6.36. The molecule has 0 atom stereocenters. The van der Waals surface area contributed by atoms with Crippen LogP contribution in [0, 0.1) is 0 Å². The Hall–Kier alpha value is -6.39. The van der Waals surface area contributed by atoms with Gasteiger partial charge >= 0.3 is 0 Å². The topological polar surface area (TPSA) is 51.8 Å². The predicted octanol–water partition coefficient (Wildman–Crippen LogP) is 11.3. The van der Waals surface area contributed by atoms with Gasteiger partial charge in [-0.25, -0.2) is 15.0 Å². The summed E-state index contributed by atoms with van der Waals surface area (Å²) in [5.41, 5.74) is 8.84. The highest BCUT2D eigenvalue weighted by molar-refractivity contribution is 6.14. The van der Waals surface area contributed by atoms with Crippen molar-refractivity contribution in [3.63, 3.8) is 0 Å². The van der Waals surface area contributed by atoms with Crippen LogP contribution in [0.3, 0.4) is 0 Å². The van der Waals surface area contributed by atoms with Crippen molar-refractivity contribution in [3.05, 3.63) is 164 Å². The minimum Gasteiger partial charge on any atom is -0.456 e. The lowest BCUT2D eigenvalue weighted by Gasteiger charge is -2.11. The quantitative estimate of drug-likeness (QED) is 0.197. The Bertz CT molecular complexity index is 2550. The van der Waals surface area contributed by atoms with E-state index in [0.29, 0.717) is 17.5 Å². The van der Waals surface area contributed by atoms with Crippen molar-refractivity contribution in [1.82, 2.24) is 15.0 Å². The second-order valence-electron chi connectivity index (χ2n) is 11.7.